The summed E-state index contributed by atoms with van der Waals surface area (Å²) in [7, 11) is 1.67. The third-order valence-corrected chi connectivity index (χ3v) is 5.89. The molecule has 1 heterocycles. The SMILES string of the molecule is CC(C)CN(C)C(=O)c1cn(C2CCCC2)cc(C(=O)NCCc2ccccc2F)c1=O. The van der Waals surface area contributed by atoms with E-state index in [0.717, 1.165) is 25.7 Å². The highest BCUT2D eigenvalue weighted by Gasteiger charge is 2.25. The number of carbonyl (C=O) groups is 2. The van der Waals surface area contributed by atoms with Crippen LogP contribution in [0.15, 0.2) is 41.5 Å². The number of amides is 2. The van der Waals surface area contributed by atoms with Crippen LogP contribution in [0.25, 0.3) is 0 Å². The van der Waals surface area contributed by atoms with Gasteiger partial charge in [-0.2, -0.15) is 0 Å². The Morgan fingerprint density at radius 3 is 2.47 bits per heavy atom. The Morgan fingerprint density at radius 1 is 1.16 bits per heavy atom. The third-order valence-electron chi connectivity index (χ3n) is 5.89. The van der Waals surface area contributed by atoms with Crippen LogP contribution in [-0.2, 0) is 6.42 Å². The first-order valence-electron chi connectivity index (χ1n) is 11.3. The lowest BCUT2D eigenvalue weighted by atomic mass is 10.1. The number of halogens is 1. The smallest absolute Gasteiger partial charge is 0.259 e. The number of nitrogens with one attached hydrogen (secondary N) is 1. The summed E-state index contributed by atoms with van der Waals surface area (Å²) in [5.74, 6) is -0.993. The molecule has 1 fully saturated rings. The summed E-state index contributed by atoms with van der Waals surface area (Å²) < 4.78 is 15.7. The van der Waals surface area contributed by atoms with Crippen LogP contribution >= 0.6 is 0 Å². The van der Waals surface area contributed by atoms with Crippen molar-refractivity contribution in [1.82, 2.24) is 14.8 Å². The molecule has 7 heteroatoms. The van der Waals surface area contributed by atoms with Gasteiger partial charge >= 0.3 is 0 Å². The minimum Gasteiger partial charge on any atom is -0.352 e. The molecule has 0 aliphatic heterocycles. The molecule has 0 unspecified atom stereocenters. The first-order valence-corrected chi connectivity index (χ1v) is 11.3. The standard InChI is InChI=1S/C25H32FN3O3/c1-17(2)14-28(3)25(32)21-16-29(19-9-5-6-10-19)15-20(23(21)30)24(31)27-13-12-18-8-4-7-11-22(18)26/h4,7-8,11,15-17,19H,5-6,9-10,12-14H2,1-3H3,(H,27,31). The average molecular weight is 442 g/mol. The maximum atomic E-state index is 13.8. The van der Waals surface area contributed by atoms with E-state index >= 15 is 0 Å². The molecule has 0 spiro atoms. The molecule has 172 valence electrons. The van der Waals surface area contributed by atoms with E-state index in [0.29, 0.717) is 18.5 Å². The number of hydrogen-bond acceptors (Lipinski definition) is 3. The Bertz CT molecular complexity index is 1030. The third kappa shape index (κ3) is 5.64. The van der Waals surface area contributed by atoms with Gasteiger partial charge in [0.25, 0.3) is 11.8 Å². The molecule has 1 aliphatic rings. The molecule has 1 aromatic heterocycles. The van der Waals surface area contributed by atoms with Gasteiger partial charge in [-0.15, -0.1) is 0 Å². The summed E-state index contributed by atoms with van der Waals surface area (Å²) in [6, 6.07) is 6.56. The monoisotopic (exact) mass is 441 g/mol. The van der Waals surface area contributed by atoms with Gasteiger partial charge in [-0.1, -0.05) is 44.9 Å². The van der Waals surface area contributed by atoms with Crippen molar-refractivity contribution in [3.05, 3.63) is 69.4 Å². The van der Waals surface area contributed by atoms with Crippen LogP contribution < -0.4 is 10.7 Å². The molecule has 6 nitrogen and oxygen atoms in total. The van der Waals surface area contributed by atoms with Gasteiger partial charge in [0.2, 0.25) is 5.43 Å². The molecule has 1 aromatic carbocycles. The number of pyridine rings is 1. The van der Waals surface area contributed by atoms with Crippen LogP contribution in [0.3, 0.4) is 0 Å². The van der Waals surface area contributed by atoms with Crippen molar-refractivity contribution in [2.75, 3.05) is 20.1 Å². The second-order valence-electron chi connectivity index (χ2n) is 8.98. The van der Waals surface area contributed by atoms with Crippen LogP contribution in [0.5, 0.6) is 0 Å². The normalized spacial score (nSPS) is 14.0. The average Bonchev–Trinajstić information content (AvgIpc) is 3.29. The van der Waals surface area contributed by atoms with Crippen LogP contribution in [-0.4, -0.2) is 41.4 Å². The first-order chi connectivity index (χ1) is 15.3. The number of aromatic nitrogens is 1. The largest absolute Gasteiger partial charge is 0.352 e. The molecule has 0 radical (unpaired) electrons. The van der Waals surface area contributed by atoms with Crippen molar-refractivity contribution >= 4 is 11.8 Å². The Morgan fingerprint density at radius 2 is 1.81 bits per heavy atom. The molecule has 3 rings (SSSR count). The van der Waals surface area contributed by atoms with Crippen molar-refractivity contribution in [2.45, 2.75) is 52.0 Å². The van der Waals surface area contributed by atoms with Crippen molar-refractivity contribution in [3.8, 4) is 0 Å². The van der Waals surface area contributed by atoms with Gasteiger partial charge in [-0.05, 0) is 36.8 Å². The van der Waals surface area contributed by atoms with Gasteiger partial charge in [0.05, 0.1) is 0 Å². The Kier molecular flexibility index (Phi) is 7.83. The van der Waals surface area contributed by atoms with E-state index in [2.05, 4.69) is 5.32 Å². The maximum absolute atomic E-state index is 13.8. The fraction of sp³-hybridized carbons (Fsp3) is 0.480. The quantitative estimate of drug-likeness (QED) is 0.677. The molecule has 1 saturated carbocycles. The van der Waals surface area contributed by atoms with E-state index in [9.17, 15) is 18.8 Å². The van der Waals surface area contributed by atoms with Crippen LogP contribution in [0.2, 0.25) is 0 Å². The van der Waals surface area contributed by atoms with E-state index in [-0.39, 0.29) is 41.4 Å². The van der Waals surface area contributed by atoms with Crippen LogP contribution in [0.1, 0.15) is 71.9 Å². The highest BCUT2D eigenvalue weighted by molar-refractivity contribution is 5.99. The van der Waals surface area contributed by atoms with Gasteiger partial charge in [-0.25, -0.2) is 4.39 Å². The van der Waals surface area contributed by atoms with Gasteiger partial charge in [-0.3, -0.25) is 14.4 Å². The van der Waals surface area contributed by atoms with Gasteiger partial charge < -0.3 is 14.8 Å². The van der Waals surface area contributed by atoms with Gasteiger partial charge in [0.1, 0.15) is 16.9 Å². The molecule has 0 atom stereocenters. The molecule has 1 aliphatic carbocycles. The minimum absolute atomic E-state index is 0.0156. The lowest BCUT2D eigenvalue weighted by Crippen LogP contribution is -2.38. The Labute approximate surface area is 188 Å². The second kappa shape index (κ2) is 10.6. The maximum Gasteiger partial charge on any atom is 0.259 e. The van der Waals surface area contributed by atoms with E-state index in [1.807, 2.05) is 18.4 Å². The van der Waals surface area contributed by atoms with Gasteiger partial charge in [0, 0.05) is 38.6 Å². The molecule has 2 amide bonds. The summed E-state index contributed by atoms with van der Waals surface area (Å²) in [6.07, 6.45) is 7.54. The highest BCUT2D eigenvalue weighted by Crippen LogP contribution is 2.29. The zero-order chi connectivity index (χ0) is 23.3. The van der Waals surface area contributed by atoms with Crippen molar-refractivity contribution in [1.29, 1.82) is 0 Å². The molecular formula is C25H32FN3O3. The number of carbonyl (C=O) groups excluding carboxylic acids is 2. The topological polar surface area (TPSA) is 71.4 Å². The second-order valence-corrected chi connectivity index (χ2v) is 8.98. The lowest BCUT2D eigenvalue weighted by Gasteiger charge is -2.22. The van der Waals surface area contributed by atoms with Crippen molar-refractivity contribution < 1.29 is 14.0 Å². The summed E-state index contributed by atoms with van der Waals surface area (Å²) in [5, 5.41) is 2.72. The summed E-state index contributed by atoms with van der Waals surface area (Å²) in [6.45, 7) is 4.70. The van der Waals surface area contributed by atoms with E-state index < -0.39 is 11.3 Å². The van der Waals surface area contributed by atoms with Crippen LogP contribution in [0, 0.1) is 11.7 Å². The van der Waals surface area contributed by atoms with Crippen molar-refractivity contribution in [3.63, 3.8) is 0 Å². The summed E-state index contributed by atoms with van der Waals surface area (Å²) in [4.78, 5) is 40.5. The number of benzene rings is 1. The van der Waals surface area contributed by atoms with Crippen molar-refractivity contribution in [2.24, 2.45) is 5.92 Å². The van der Waals surface area contributed by atoms with Crippen LogP contribution in [0.4, 0.5) is 4.39 Å². The Hall–Kier alpha value is -2.96. The highest BCUT2D eigenvalue weighted by atomic mass is 19.1. The zero-order valence-electron chi connectivity index (χ0n) is 19.1. The number of nitrogens with zero attached hydrogens (tertiary/aromatic N) is 2. The fourth-order valence-corrected chi connectivity index (χ4v) is 4.27. The lowest BCUT2D eigenvalue weighted by molar-refractivity contribution is 0.0776. The molecular weight excluding hydrogens is 409 g/mol. The molecule has 0 saturated heterocycles. The number of rotatable bonds is 8. The predicted octanol–water partition coefficient (Wildman–Crippen LogP) is 3.80. The summed E-state index contributed by atoms with van der Waals surface area (Å²) in [5.41, 5.74) is -0.102. The Balaban J connectivity index is 1.85. The van der Waals surface area contributed by atoms with E-state index in [1.54, 1.807) is 37.6 Å². The van der Waals surface area contributed by atoms with E-state index in [4.69, 9.17) is 0 Å². The zero-order valence-corrected chi connectivity index (χ0v) is 19.1. The first kappa shape index (κ1) is 23.7. The number of hydrogen-bond donors (Lipinski definition) is 1. The molecule has 32 heavy (non-hydrogen) atoms. The van der Waals surface area contributed by atoms with Gasteiger partial charge in [0.15, 0.2) is 0 Å². The molecule has 2 aromatic rings. The predicted molar refractivity (Wildman–Crippen MR) is 122 cm³/mol. The minimum atomic E-state index is -0.566. The molecule has 1 N–H and O–H groups in total. The summed E-state index contributed by atoms with van der Waals surface area (Å²) >= 11 is 0. The van der Waals surface area contributed by atoms with E-state index in [1.165, 1.54) is 11.0 Å². The molecule has 0 bridgehead atoms. The fourth-order valence-electron chi connectivity index (χ4n) is 4.27.